The van der Waals surface area contributed by atoms with Crippen molar-refractivity contribution in [3.63, 3.8) is 0 Å². The molecule has 2 aromatic heterocycles. The molecule has 0 aliphatic heterocycles. The van der Waals surface area contributed by atoms with Gasteiger partial charge in [-0.1, -0.05) is 0 Å². The van der Waals surface area contributed by atoms with E-state index in [4.69, 9.17) is 0 Å². The third-order valence-corrected chi connectivity index (χ3v) is 1.45. The second-order valence-corrected chi connectivity index (χ2v) is 2.25. The maximum absolute atomic E-state index is 13.0. The fraction of sp³-hybridized carbons (Fsp3) is 0. The van der Waals surface area contributed by atoms with Crippen LogP contribution in [0.4, 0.5) is 8.78 Å². The molecule has 2 rings (SSSR count). The molecule has 0 atom stereocenters. The van der Waals surface area contributed by atoms with E-state index in [1.165, 1.54) is 12.4 Å². The summed E-state index contributed by atoms with van der Waals surface area (Å²) in [5, 5.41) is 3.71. The average molecular weight is 182 g/mol. The van der Waals surface area contributed by atoms with Crippen LogP contribution in [0.15, 0.2) is 24.8 Å². The standard InChI is InChI=1S/C7H4F2N4/c8-5-6(9)10-4-11-7(5)13-3-1-2-12-13/h1-4H. The first-order valence-corrected chi connectivity index (χ1v) is 3.45. The van der Waals surface area contributed by atoms with Crippen molar-refractivity contribution in [3.05, 3.63) is 36.6 Å². The monoisotopic (exact) mass is 182 g/mol. The maximum Gasteiger partial charge on any atom is 0.254 e. The Balaban J connectivity index is 2.59. The maximum atomic E-state index is 13.0. The van der Waals surface area contributed by atoms with Crippen molar-refractivity contribution in [2.75, 3.05) is 0 Å². The summed E-state index contributed by atoms with van der Waals surface area (Å²) in [4.78, 5) is 6.61. The fourth-order valence-electron chi connectivity index (χ4n) is 0.894. The van der Waals surface area contributed by atoms with Crippen LogP contribution in [0.5, 0.6) is 0 Å². The lowest BCUT2D eigenvalue weighted by Crippen LogP contribution is -2.04. The first-order chi connectivity index (χ1) is 6.29. The normalized spacial score (nSPS) is 10.3. The van der Waals surface area contributed by atoms with E-state index < -0.39 is 11.8 Å². The number of hydrogen-bond acceptors (Lipinski definition) is 3. The van der Waals surface area contributed by atoms with E-state index in [0.29, 0.717) is 0 Å². The third kappa shape index (κ3) is 1.26. The van der Waals surface area contributed by atoms with Crippen LogP contribution in [0.25, 0.3) is 5.82 Å². The molecule has 0 unspecified atom stereocenters. The lowest BCUT2D eigenvalue weighted by Gasteiger charge is -2.00. The minimum atomic E-state index is -1.18. The van der Waals surface area contributed by atoms with Crippen molar-refractivity contribution >= 4 is 0 Å². The van der Waals surface area contributed by atoms with Crippen LogP contribution < -0.4 is 0 Å². The number of hydrogen-bond donors (Lipinski definition) is 0. The van der Waals surface area contributed by atoms with Gasteiger partial charge in [-0.2, -0.15) is 13.9 Å². The molecule has 0 bridgehead atoms. The van der Waals surface area contributed by atoms with Crippen molar-refractivity contribution < 1.29 is 8.78 Å². The molecule has 0 radical (unpaired) electrons. The van der Waals surface area contributed by atoms with Crippen LogP contribution in [0.2, 0.25) is 0 Å². The van der Waals surface area contributed by atoms with Gasteiger partial charge in [-0.3, -0.25) is 0 Å². The number of halogens is 2. The molecule has 0 saturated heterocycles. The van der Waals surface area contributed by atoms with E-state index in [1.54, 1.807) is 6.07 Å². The average Bonchev–Trinajstić information content (AvgIpc) is 2.62. The van der Waals surface area contributed by atoms with Gasteiger partial charge in [0, 0.05) is 12.4 Å². The highest BCUT2D eigenvalue weighted by Gasteiger charge is 2.11. The Morgan fingerprint density at radius 2 is 2.08 bits per heavy atom. The van der Waals surface area contributed by atoms with Crippen LogP contribution in [-0.2, 0) is 0 Å². The highest BCUT2D eigenvalue weighted by atomic mass is 19.2. The summed E-state index contributed by atoms with van der Waals surface area (Å²) in [5.41, 5.74) is 0. The molecular weight excluding hydrogens is 178 g/mol. The van der Waals surface area contributed by atoms with Gasteiger partial charge in [0.2, 0.25) is 5.82 Å². The molecule has 0 aromatic carbocycles. The molecule has 0 amide bonds. The lowest BCUT2D eigenvalue weighted by molar-refractivity contribution is 0.465. The molecule has 2 aromatic rings. The molecule has 0 spiro atoms. The molecule has 0 aliphatic carbocycles. The zero-order valence-corrected chi connectivity index (χ0v) is 6.35. The summed E-state index contributed by atoms with van der Waals surface area (Å²) in [7, 11) is 0. The molecule has 4 nitrogen and oxygen atoms in total. The van der Waals surface area contributed by atoms with E-state index in [-0.39, 0.29) is 5.82 Å². The number of aromatic nitrogens is 4. The van der Waals surface area contributed by atoms with Gasteiger partial charge < -0.3 is 0 Å². The Bertz CT molecular complexity index is 412. The Morgan fingerprint density at radius 3 is 2.77 bits per heavy atom. The SMILES string of the molecule is Fc1ncnc(-n2cccn2)c1F. The highest BCUT2D eigenvalue weighted by molar-refractivity contribution is 5.20. The van der Waals surface area contributed by atoms with Crippen LogP contribution >= 0.6 is 0 Å². The van der Waals surface area contributed by atoms with Gasteiger partial charge in [0.25, 0.3) is 5.95 Å². The highest BCUT2D eigenvalue weighted by Crippen LogP contribution is 2.09. The van der Waals surface area contributed by atoms with Gasteiger partial charge in [-0.15, -0.1) is 0 Å². The van der Waals surface area contributed by atoms with E-state index in [0.717, 1.165) is 11.0 Å². The van der Waals surface area contributed by atoms with Crippen molar-refractivity contribution in [1.82, 2.24) is 19.7 Å². The van der Waals surface area contributed by atoms with Gasteiger partial charge in [0.15, 0.2) is 5.82 Å². The number of rotatable bonds is 1. The molecular formula is C7H4F2N4. The minimum absolute atomic E-state index is 0.197. The molecule has 0 saturated carbocycles. The van der Waals surface area contributed by atoms with Crippen molar-refractivity contribution in [2.45, 2.75) is 0 Å². The van der Waals surface area contributed by atoms with Gasteiger partial charge in [-0.05, 0) is 6.07 Å². The summed E-state index contributed by atoms with van der Waals surface area (Å²) >= 11 is 0. The lowest BCUT2D eigenvalue weighted by atomic mass is 10.5. The molecule has 6 heteroatoms. The smallest absolute Gasteiger partial charge is 0.220 e. The summed E-state index contributed by atoms with van der Waals surface area (Å²) in [6, 6.07) is 1.58. The molecule has 13 heavy (non-hydrogen) atoms. The van der Waals surface area contributed by atoms with E-state index in [1.807, 2.05) is 0 Å². The van der Waals surface area contributed by atoms with Gasteiger partial charge in [0.1, 0.15) is 6.33 Å². The first-order valence-electron chi connectivity index (χ1n) is 3.45. The van der Waals surface area contributed by atoms with E-state index in [2.05, 4.69) is 15.1 Å². The summed E-state index contributed by atoms with van der Waals surface area (Å²) in [6.07, 6.45) is 3.85. The molecule has 2 heterocycles. The van der Waals surface area contributed by atoms with Crippen molar-refractivity contribution in [3.8, 4) is 5.82 Å². The Kier molecular flexibility index (Phi) is 1.73. The van der Waals surface area contributed by atoms with E-state index >= 15 is 0 Å². The van der Waals surface area contributed by atoms with Crippen molar-refractivity contribution in [2.24, 2.45) is 0 Å². The van der Waals surface area contributed by atoms with Crippen molar-refractivity contribution in [1.29, 1.82) is 0 Å². The fourth-order valence-corrected chi connectivity index (χ4v) is 0.894. The summed E-state index contributed by atoms with van der Waals surface area (Å²) in [6.45, 7) is 0. The number of nitrogens with zero attached hydrogens (tertiary/aromatic N) is 4. The zero-order valence-electron chi connectivity index (χ0n) is 6.35. The quantitative estimate of drug-likeness (QED) is 0.616. The topological polar surface area (TPSA) is 43.6 Å². The second kappa shape index (κ2) is 2.89. The third-order valence-electron chi connectivity index (χ3n) is 1.45. The van der Waals surface area contributed by atoms with E-state index in [9.17, 15) is 8.78 Å². The van der Waals surface area contributed by atoms with Crippen LogP contribution in [-0.4, -0.2) is 19.7 Å². The molecule has 0 N–H and O–H groups in total. The van der Waals surface area contributed by atoms with Gasteiger partial charge in [0.05, 0.1) is 0 Å². The Morgan fingerprint density at radius 1 is 1.23 bits per heavy atom. The second-order valence-electron chi connectivity index (χ2n) is 2.25. The van der Waals surface area contributed by atoms with Crippen LogP contribution in [0.1, 0.15) is 0 Å². The summed E-state index contributed by atoms with van der Waals surface area (Å²) < 4.78 is 26.7. The Labute approximate surface area is 71.9 Å². The zero-order chi connectivity index (χ0) is 9.26. The Hall–Kier alpha value is -1.85. The predicted octanol–water partition coefficient (Wildman–Crippen LogP) is 0.940. The molecule has 0 aliphatic rings. The van der Waals surface area contributed by atoms with Gasteiger partial charge in [-0.25, -0.2) is 14.6 Å². The van der Waals surface area contributed by atoms with Crippen LogP contribution in [0, 0.1) is 11.8 Å². The molecule has 0 fully saturated rings. The minimum Gasteiger partial charge on any atom is -0.220 e. The van der Waals surface area contributed by atoms with Crippen LogP contribution in [0.3, 0.4) is 0 Å². The largest absolute Gasteiger partial charge is 0.254 e. The first kappa shape index (κ1) is 7.78. The molecule has 66 valence electrons. The van der Waals surface area contributed by atoms with Gasteiger partial charge >= 0.3 is 0 Å². The predicted molar refractivity (Wildman–Crippen MR) is 39.1 cm³/mol. The summed E-state index contributed by atoms with van der Waals surface area (Å²) in [5.74, 6) is -2.48.